The zero-order valence-electron chi connectivity index (χ0n) is 14.2. The molecular weight excluding hydrogens is 286 g/mol. The van der Waals surface area contributed by atoms with Gasteiger partial charge in [0.05, 0.1) is 0 Å². The van der Waals surface area contributed by atoms with Crippen LogP contribution in [0.5, 0.6) is 0 Å². The first-order valence-corrected chi connectivity index (χ1v) is 9.07. The third-order valence-corrected chi connectivity index (χ3v) is 5.43. The minimum Gasteiger partial charge on any atom is -0.338 e. The predicted octanol–water partition coefficient (Wildman–Crippen LogP) is 3.77. The SMILES string of the molecule is Cc1ccccc1NC(=O)NCC1CCN(C2CCCC2)CC1. The Labute approximate surface area is 139 Å². The molecule has 0 radical (unpaired) electrons. The van der Waals surface area contributed by atoms with Gasteiger partial charge in [-0.05, 0) is 63.2 Å². The Morgan fingerprint density at radius 3 is 2.52 bits per heavy atom. The first-order valence-electron chi connectivity index (χ1n) is 9.07. The molecular formula is C19H29N3O. The van der Waals surface area contributed by atoms with E-state index in [0.29, 0.717) is 5.92 Å². The van der Waals surface area contributed by atoms with Crippen molar-refractivity contribution in [1.29, 1.82) is 0 Å². The van der Waals surface area contributed by atoms with Crippen molar-refractivity contribution in [2.45, 2.75) is 51.5 Å². The average Bonchev–Trinajstić information content (AvgIpc) is 3.10. The summed E-state index contributed by atoms with van der Waals surface area (Å²) >= 11 is 0. The zero-order chi connectivity index (χ0) is 16.1. The lowest BCUT2D eigenvalue weighted by molar-refractivity contribution is 0.134. The van der Waals surface area contributed by atoms with Crippen LogP contribution in [-0.2, 0) is 0 Å². The number of likely N-dealkylation sites (tertiary alicyclic amines) is 1. The first kappa shape index (κ1) is 16.3. The van der Waals surface area contributed by atoms with Gasteiger partial charge in [0, 0.05) is 18.3 Å². The summed E-state index contributed by atoms with van der Waals surface area (Å²) < 4.78 is 0. The molecule has 2 N–H and O–H groups in total. The second-order valence-corrected chi connectivity index (χ2v) is 7.07. The third kappa shape index (κ3) is 4.47. The maximum absolute atomic E-state index is 12.0. The Hall–Kier alpha value is -1.55. The molecule has 4 nitrogen and oxygen atoms in total. The van der Waals surface area contributed by atoms with E-state index in [2.05, 4.69) is 15.5 Å². The number of aryl methyl sites for hydroxylation is 1. The third-order valence-electron chi connectivity index (χ3n) is 5.43. The summed E-state index contributed by atoms with van der Waals surface area (Å²) in [5.41, 5.74) is 1.98. The van der Waals surface area contributed by atoms with E-state index >= 15 is 0 Å². The Morgan fingerprint density at radius 1 is 1.13 bits per heavy atom. The van der Waals surface area contributed by atoms with E-state index in [9.17, 15) is 4.79 Å². The number of nitrogens with one attached hydrogen (secondary N) is 2. The lowest BCUT2D eigenvalue weighted by atomic mass is 9.95. The highest BCUT2D eigenvalue weighted by Gasteiger charge is 2.27. The summed E-state index contributed by atoms with van der Waals surface area (Å²) in [6.07, 6.45) is 8.02. The number of carbonyl (C=O) groups is 1. The van der Waals surface area contributed by atoms with Crippen LogP contribution in [0.25, 0.3) is 0 Å². The van der Waals surface area contributed by atoms with Gasteiger partial charge in [-0.3, -0.25) is 0 Å². The molecule has 1 aliphatic heterocycles. The largest absolute Gasteiger partial charge is 0.338 e. The second-order valence-electron chi connectivity index (χ2n) is 7.07. The van der Waals surface area contributed by atoms with Crippen molar-refractivity contribution in [3.63, 3.8) is 0 Å². The fourth-order valence-electron chi connectivity index (χ4n) is 3.91. The van der Waals surface area contributed by atoms with E-state index in [4.69, 9.17) is 0 Å². The molecule has 2 aliphatic rings. The van der Waals surface area contributed by atoms with Crippen molar-refractivity contribution in [2.75, 3.05) is 25.0 Å². The minimum atomic E-state index is -0.0856. The number of piperidine rings is 1. The number of amides is 2. The van der Waals surface area contributed by atoms with Gasteiger partial charge in [-0.2, -0.15) is 0 Å². The molecule has 0 aromatic heterocycles. The number of para-hydroxylation sites is 1. The Morgan fingerprint density at radius 2 is 1.83 bits per heavy atom. The Kier molecular flexibility index (Phi) is 5.55. The van der Waals surface area contributed by atoms with Gasteiger partial charge in [-0.25, -0.2) is 4.79 Å². The van der Waals surface area contributed by atoms with Crippen molar-refractivity contribution < 1.29 is 4.79 Å². The lowest BCUT2D eigenvalue weighted by Crippen LogP contribution is -2.43. The molecule has 23 heavy (non-hydrogen) atoms. The van der Waals surface area contributed by atoms with Crippen LogP contribution in [0.15, 0.2) is 24.3 Å². The standard InChI is InChI=1S/C19H29N3O/c1-15-6-2-5-9-18(15)21-19(23)20-14-16-10-12-22(13-11-16)17-7-3-4-8-17/h2,5-6,9,16-17H,3-4,7-8,10-14H2,1H3,(H2,20,21,23). The van der Waals surface area contributed by atoms with E-state index in [1.165, 1.54) is 51.6 Å². The molecule has 0 unspecified atom stereocenters. The van der Waals surface area contributed by atoms with Gasteiger partial charge in [-0.1, -0.05) is 31.0 Å². The number of hydrogen-bond donors (Lipinski definition) is 2. The molecule has 1 aromatic rings. The van der Waals surface area contributed by atoms with E-state index in [1.54, 1.807) is 0 Å². The van der Waals surface area contributed by atoms with Crippen LogP contribution in [0.4, 0.5) is 10.5 Å². The van der Waals surface area contributed by atoms with Crippen LogP contribution < -0.4 is 10.6 Å². The second kappa shape index (κ2) is 7.82. The molecule has 1 aromatic carbocycles. The summed E-state index contributed by atoms with van der Waals surface area (Å²) in [7, 11) is 0. The lowest BCUT2D eigenvalue weighted by Gasteiger charge is -2.36. The molecule has 0 bridgehead atoms. The van der Waals surface area contributed by atoms with Gasteiger partial charge in [0.25, 0.3) is 0 Å². The smallest absolute Gasteiger partial charge is 0.319 e. The van der Waals surface area contributed by atoms with Crippen LogP contribution >= 0.6 is 0 Å². The van der Waals surface area contributed by atoms with Crippen molar-refractivity contribution >= 4 is 11.7 Å². The fraction of sp³-hybridized carbons (Fsp3) is 0.632. The van der Waals surface area contributed by atoms with Gasteiger partial charge in [0.15, 0.2) is 0 Å². The number of nitrogens with zero attached hydrogens (tertiary/aromatic N) is 1. The van der Waals surface area contributed by atoms with Crippen LogP contribution in [-0.4, -0.2) is 36.6 Å². The molecule has 1 saturated carbocycles. The highest BCUT2D eigenvalue weighted by molar-refractivity contribution is 5.89. The van der Waals surface area contributed by atoms with Crippen molar-refractivity contribution in [2.24, 2.45) is 5.92 Å². The van der Waals surface area contributed by atoms with Crippen LogP contribution in [0, 0.1) is 12.8 Å². The molecule has 3 rings (SSSR count). The maximum Gasteiger partial charge on any atom is 0.319 e. The molecule has 2 amide bonds. The maximum atomic E-state index is 12.0. The summed E-state index contributed by atoms with van der Waals surface area (Å²) in [5.74, 6) is 0.621. The van der Waals surface area contributed by atoms with Gasteiger partial charge in [0.2, 0.25) is 0 Å². The number of rotatable bonds is 4. The molecule has 1 aliphatic carbocycles. The topological polar surface area (TPSA) is 44.4 Å². The van der Waals surface area contributed by atoms with Gasteiger partial charge in [-0.15, -0.1) is 0 Å². The molecule has 0 spiro atoms. The first-order chi connectivity index (χ1) is 11.2. The Bertz CT molecular complexity index is 517. The monoisotopic (exact) mass is 315 g/mol. The summed E-state index contributed by atoms with van der Waals surface area (Å²) in [6.45, 7) is 5.21. The zero-order valence-corrected chi connectivity index (χ0v) is 14.2. The number of hydrogen-bond acceptors (Lipinski definition) is 2. The molecule has 126 valence electrons. The van der Waals surface area contributed by atoms with Crippen molar-refractivity contribution in [3.05, 3.63) is 29.8 Å². The number of benzene rings is 1. The summed E-state index contributed by atoms with van der Waals surface area (Å²) in [6, 6.07) is 8.63. The number of urea groups is 1. The Balaban J connectivity index is 1.38. The number of anilines is 1. The molecule has 1 saturated heterocycles. The quantitative estimate of drug-likeness (QED) is 0.888. The summed E-state index contributed by atoms with van der Waals surface area (Å²) in [5, 5.41) is 5.99. The molecule has 4 heteroatoms. The van der Waals surface area contributed by atoms with Crippen molar-refractivity contribution in [1.82, 2.24) is 10.2 Å². The molecule has 1 heterocycles. The highest BCUT2D eigenvalue weighted by Crippen LogP contribution is 2.27. The van der Waals surface area contributed by atoms with Gasteiger partial charge >= 0.3 is 6.03 Å². The normalized spacial score (nSPS) is 20.6. The summed E-state index contributed by atoms with van der Waals surface area (Å²) in [4.78, 5) is 14.7. The number of carbonyl (C=O) groups excluding carboxylic acids is 1. The van der Waals surface area contributed by atoms with Gasteiger partial charge < -0.3 is 15.5 Å². The van der Waals surface area contributed by atoms with Crippen LogP contribution in [0.1, 0.15) is 44.1 Å². The predicted molar refractivity (Wildman–Crippen MR) is 94.8 cm³/mol. The van der Waals surface area contributed by atoms with E-state index in [0.717, 1.165) is 23.8 Å². The van der Waals surface area contributed by atoms with Crippen LogP contribution in [0.3, 0.4) is 0 Å². The van der Waals surface area contributed by atoms with E-state index in [1.807, 2.05) is 31.2 Å². The molecule has 2 fully saturated rings. The van der Waals surface area contributed by atoms with Gasteiger partial charge in [0.1, 0.15) is 0 Å². The van der Waals surface area contributed by atoms with E-state index < -0.39 is 0 Å². The highest BCUT2D eigenvalue weighted by atomic mass is 16.2. The molecule has 0 atom stereocenters. The fourth-order valence-corrected chi connectivity index (χ4v) is 3.91. The van der Waals surface area contributed by atoms with E-state index in [-0.39, 0.29) is 6.03 Å². The van der Waals surface area contributed by atoms with Crippen LogP contribution in [0.2, 0.25) is 0 Å². The average molecular weight is 315 g/mol. The van der Waals surface area contributed by atoms with Crippen molar-refractivity contribution in [3.8, 4) is 0 Å². The minimum absolute atomic E-state index is 0.0856.